The molecule has 0 unspecified atom stereocenters. The summed E-state index contributed by atoms with van der Waals surface area (Å²) >= 11 is 11.0. The van der Waals surface area contributed by atoms with Crippen LogP contribution in [0, 0.1) is 0 Å². The normalized spacial score (nSPS) is 18.4. The molecule has 0 radical (unpaired) electrons. The number of amidine groups is 1. The molecule has 0 N–H and O–H groups in total. The molecular weight excluding hydrogens is 159 g/mol. The lowest BCUT2D eigenvalue weighted by Crippen LogP contribution is -1.85. The van der Waals surface area contributed by atoms with Crippen LogP contribution in [0.2, 0.25) is 0 Å². The Hall–Kier alpha value is -0.340. The molecule has 1 aliphatic heterocycles. The highest BCUT2D eigenvalue weighted by Crippen LogP contribution is 2.02. The van der Waals surface area contributed by atoms with Crippen LogP contribution in [0.5, 0.6) is 0 Å². The van der Waals surface area contributed by atoms with E-state index in [9.17, 15) is 0 Å². The van der Waals surface area contributed by atoms with Crippen LogP contribution in [-0.4, -0.2) is 10.5 Å². The van der Waals surface area contributed by atoms with Crippen molar-refractivity contribution in [2.75, 3.05) is 0 Å². The van der Waals surface area contributed by atoms with Gasteiger partial charge in [-0.25, -0.2) is 9.98 Å². The molecule has 1 aliphatic rings. The Morgan fingerprint density at radius 3 is 3.00 bits per heavy atom. The summed E-state index contributed by atoms with van der Waals surface area (Å²) < 4.78 is 0. The zero-order valence-electron chi connectivity index (χ0n) is 4.51. The minimum Gasteiger partial charge on any atom is -0.227 e. The molecule has 0 amide bonds. The van der Waals surface area contributed by atoms with Crippen LogP contribution in [0.1, 0.15) is 6.42 Å². The third-order valence-corrected chi connectivity index (χ3v) is 1.21. The first-order valence-electron chi connectivity index (χ1n) is 2.40. The van der Waals surface area contributed by atoms with Crippen LogP contribution in [0.4, 0.5) is 0 Å². The first kappa shape index (κ1) is 6.78. The second-order valence-corrected chi connectivity index (χ2v) is 2.25. The zero-order valence-corrected chi connectivity index (χ0v) is 6.02. The third-order valence-electron chi connectivity index (χ3n) is 0.786. The quantitative estimate of drug-likeness (QED) is 0.488. The Balaban J connectivity index is 2.82. The molecule has 9 heavy (non-hydrogen) atoms. The van der Waals surface area contributed by atoms with Crippen molar-refractivity contribution in [2.24, 2.45) is 9.98 Å². The Bertz CT molecular complexity index is 193. The molecule has 1 rings (SSSR count). The Morgan fingerprint density at radius 1 is 1.44 bits per heavy atom. The molecule has 0 aromatic rings. The number of hydrogen-bond acceptors (Lipinski definition) is 2. The van der Waals surface area contributed by atoms with Gasteiger partial charge in [-0.05, 0) is 11.6 Å². The first-order valence-corrected chi connectivity index (χ1v) is 3.16. The number of nitrogens with zero attached hydrogens (tertiary/aromatic N) is 2. The van der Waals surface area contributed by atoms with Crippen LogP contribution >= 0.6 is 23.2 Å². The van der Waals surface area contributed by atoms with Crippen molar-refractivity contribution in [3.8, 4) is 0 Å². The molecule has 48 valence electrons. The fraction of sp³-hybridized carbons (Fsp3) is 0.200. The van der Waals surface area contributed by atoms with Crippen molar-refractivity contribution < 1.29 is 0 Å². The SMILES string of the molecule is ClC1=NC(Cl)=NC=CC1. The second kappa shape index (κ2) is 2.99. The average molecular weight is 163 g/mol. The van der Waals surface area contributed by atoms with Crippen molar-refractivity contribution >= 4 is 33.7 Å². The molecule has 0 aromatic heterocycles. The fourth-order valence-electron chi connectivity index (χ4n) is 0.439. The van der Waals surface area contributed by atoms with Crippen molar-refractivity contribution in [1.29, 1.82) is 0 Å². The van der Waals surface area contributed by atoms with Gasteiger partial charge in [0, 0.05) is 12.6 Å². The molecule has 0 aliphatic carbocycles. The number of rotatable bonds is 0. The summed E-state index contributed by atoms with van der Waals surface area (Å²) in [7, 11) is 0. The van der Waals surface area contributed by atoms with Gasteiger partial charge in [-0.2, -0.15) is 0 Å². The van der Waals surface area contributed by atoms with Gasteiger partial charge in [0.1, 0.15) is 5.17 Å². The second-order valence-electron chi connectivity index (χ2n) is 1.48. The largest absolute Gasteiger partial charge is 0.227 e. The molecule has 0 bridgehead atoms. The summed E-state index contributed by atoms with van der Waals surface area (Å²) in [4.78, 5) is 7.42. The summed E-state index contributed by atoms with van der Waals surface area (Å²) in [6.45, 7) is 0. The van der Waals surface area contributed by atoms with E-state index in [0.717, 1.165) is 0 Å². The van der Waals surface area contributed by atoms with Gasteiger partial charge in [0.05, 0.1) is 0 Å². The molecule has 0 atom stereocenters. The van der Waals surface area contributed by atoms with Crippen LogP contribution in [0.25, 0.3) is 0 Å². The van der Waals surface area contributed by atoms with Gasteiger partial charge in [-0.15, -0.1) is 0 Å². The predicted molar refractivity (Wildman–Crippen MR) is 40.3 cm³/mol. The van der Waals surface area contributed by atoms with Crippen molar-refractivity contribution in [1.82, 2.24) is 0 Å². The number of hydrogen-bond donors (Lipinski definition) is 0. The van der Waals surface area contributed by atoms with Gasteiger partial charge in [0.2, 0.25) is 5.29 Å². The van der Waals surface area contributed by atoms with Crippen molar-refractivity contribution in [2.45, 2.75) is 6.42 Å². The molecule has 4 heteroatoms. The van der Waals surface area contributed by atoms with Crippen LogP contribution in [0.15, 0.2) is 22.3 Å². The summed E-state index contributed by atoms with van der Waals surface area (Å²) in [6.07, 6.45) is 3.99. The van der Waals surface area contributed by atoms with Crippen LogP contribution in [0.3, 0.4) is 0 Å². The van der Waals surface area contributed by atoms with E-state index < -0.39 is 0 Å². The summed E-state index contributed by atoms with van der Waals surface area (Å²) in [6, 6.07) is 0. The molecule has 2 nitrogen and oxygen atoms in total. The first-order chi connectivity index (χ1) is 4.29. The Kier molecular flexibility index (Phi) is 2.25. The van der Waals surface area contributed by atoms with E-state index >= 15 is 0 Å². The summed E-state index contributed by atoms with van der Waals surface area (Å²) in [5.41, 5.74) is 0. The molecule has 0 spiro atoms. The highest BCUT2D eigenvalue weighted by Gasteiger charge is 1.96. The van der Waals surface area contributed by atoms with Crippen LogP contribution < -0.4 is 0 Å². The van der Waals surface area contributed by atoms with Gasteiger partial charge in [-0.1, -0.05) is 17.7 Å². The molecule has 1 heterocycles. The van der Waals surface area contributed by atoms with E-state index in [1.807, 2.05) is 0 Å². The fourth-order valence-corrected chi connectivity index (χ4v) is 0.810. The Labute approximate surface area is 62.9 Å². The van der Waals surface area contributed by atoms with Gasteiger partial charge < -0.3 is 0 Å². The molecule has 0 fully saturated rings. The lowest BCUT2D eigenvalue weighted by atomic mass is 10.4. The van der Waals surface area contributed by atoms with E-state index in [1.54, 1.807) is 12.3 Å². The lowest BCUT2D eigenvalue weighted by Gasteiger charge is -1.84. The topological polar surface area (TPSA) is 24.7 Å². The summed E-state index contributed by atoms with van der Waals surface area (Å²) in [5.74, 6) is 0. The summed E-state index contributed by atoms with van der Waals surface area (Å²) in [5, 5.41) is 0.659. The average Bonchev–Trinajstić information content (AvgIpc) is 1.93. The molecular formula is C5H4Cl2N2. The Morgan fingerprint density at radius 2 is 2.22 bits per heavy atom. The third kappa shape index (κ3) is 2.16. The highest BCUT2D eigenvalue weighted by molar-refractivity contribution is 6.71. The molecule has 0 aromatic carbocycles. The van der Waals surface area contributed by atoms with Gasteiger partial charge in [-0.3, -0.25) is 0 Å². The van der Waals surface area contributed by atoms with Crippen molar-refractivity contribution in [3.63, 3.8) is 0 Å². The van der Waals surface area contributed by atoms with Gasteiger partial charge >= 0.3 is 0 Å². The van der Waals surface area contributed by atoms with E-state index in [-0.39, 0.29) is 5.29 Å². The lowest BCUT2D eigenvalue weighted by molar-refractivity contribution is 1.48. The molecule has 0 saturated carbocycles. The predicted octanol–water partition coefficient (Wildman–Crippen LogP) is 2.14. The number of aliphatic imine (C=N–C) groups is 2. The maximum Gasteiger partial charge on any atom is 0.223 e. The van der Waals surface area contributed by atoms with Crippen LogP contribution in [-0.2, 0) is 0 Å². The smallest absolute Gasteiger partial charge is 0.223 e. The number of halogens is 2. The van der Waals surface area contributed by atoms with Gasteiger partial charge in [0.15, 0.2) is 0 Å². The van der Waals surface area contributed by atoms with E-state index in [0.29, 0.717) is 11.6 Å². The molecule has 0 saturated heterocycles. The highest BCUT2D eigenvalue weighted by atomic mass is 35.5. The van der Waals surface area contributed by atoms with E-state index in [2.05, 4.69) is 9.98 Å². The standard InChI is InChI=1S/C5H4Cl2N2/c6-4-2-1-3-8-5(7)9-4/h1,3H,2H2. The van der Waals surface area contributed by atoms with E-state index in [1.165, 1.54) is 0 Å². The van der Waals surface area contributed by atoms with Crippen molar-refractivity contribution in [3.05, 3.63) is 12.3 Å². The monoisotopic (exact) mass is 162 g/mol. The van der Waals surface area contributed by atoms with Gasteiger partial charge in [0.25, 0.3) is 0 Å². The maximum atomic E-state index is 5.55. The minimum atomic E-state index is 0.189. The maximum absolute atomic E-state index is 5.55. The zero-order chi connectivity index (χ0) is 6.69. The van der Waals surface area contributed by atoms with E-state index in [4.69, 9.17) is 23.2 Å². The number of allylic oxidation sites excluding steroid dienone is 1. The minimum absolute atomic E-state index is 0.189.